The third kappa shape index (κ3) is 6.09. The average Bonchev–Trinajstić information content (AvgIpc) is 2.74. The van der Waals surface area contributed by atoms with Gasteiger partial charge in [0.15, 0.2) is 0 Å². The Morgan fingerprint density at radius 3 is 1.48 bits per heavy atom. The number of anilines is 2. The summed E-state index contributed by atoms with van der Waals surface area (Å²) in [6.07, 6.45) is 0. The summed E-state index contributed by atoms with van der Waals surface area (Å²) < 4.78 is 10.9. The maximum Gasteiger partial charge on any atom is 0.255 e. The Morgan fingerprint density at radius 2 is 1.10 bits per heavy atom. The van der Waals surface area contributed by atoms with Gasteiger partial charge >= 0.3 is 0 Å². The Hall–Kier alpha value is -3.80. The number of ether oxygens (including phenoxy) is 2. The molecule has 0 unspecified atom stereocenters. The largest absolute Gasteiger partial charge is 0.497 e. The highest BCUT2D eigenvalue weighted by molar-refractivity contribution is 6.10. The number of hydrogen-bond acceptors (Lipinski definition) is 4. The second-order valence-corrected chi connectivity index (χ2v) is 7.92. The van der Waals surface area contributed by atoms with Crippen LogP contribution in [0, 0.1) is 0 Å². The number of carbonyl (C=O) groups excluding carboxylic acids is 2. The molecule has 0 aliphatic heterocycles. The minimum Gasteiger partial charge on any atom is -0.497 e. The van der Waals surface area contributed by atoms with Gasteiger partial charge in [-0.1, -0.05) is 12.1 Å². The summed E-state index contributed by atoms with van der Waals surface area (Å²) in [7, 11) is 1.57. The summed E-state index contributed by atoms with van der Waals surface area (Å²) in [5.41, 5.74) is 1.66. The number of benzene rings is 3. The number of rotatable bonds is 6. The van der Waals surface area contributed by atoms with Crippen molar-refractivity contribution in [2.45, 2.75) is 26.4 Å². The van der Waals surface area contributed by atoms with Crippen molar-refractivity contribution >= 4 is 23.2 Å². The van der Waals surface area contributed by atoms with E-state index in [0.717, 1.165) is 0 Å². The highest BCUT2D eigenvalue weighted by atomic mass is 16.5. The third-order valence-electron chi connectivity index (χ3n) is 4.32. The number of carbonyl (C=O) groups is 2. The van der Waals surface area contributed by atoms with E-state index in [4.69, 9.17) is 9.47 Å². The molecular weight excluding hydrogens is 392 g/mol. The van der Waals surface area contributed by atoms with E-state index in [1.807, 2.05) is 20.8 Å². The lowest BCUT2D eigenvalue weighted by molar-refractivity contribution is 0.101. The van der Waals surface area contributed by atoms with E-state index in [1.54, 1.807) is 79.9 Å². The first kappa shape index (κ1) is 21.9. The van der Waals surface area contributed by atoms with Gasteiger partial charge < -0.3 is 20.1 Å². The molecule has 0 fully saturated rings. The fourth-order valence-electron chi connectivity index (χ4n) is 2.86. The standard InChI is InChI=1S/C25H26N2O4/c1-25(2,3)31-20-15-11-18(12-16-20)24(29)27-22-8-6-5-7-21(22)26-23(28)17-9-13-19(30-4)14-10-17/h5-16H,1-4H3,(H,26,28)(H,27,29). The van der Waals surface area contributed by atoms with Crippen LogP contribution in [0.15, 0.2) is 72.8 Å². The second kappa shape index (κ2) is 9.34. The molecule has 3 aromatic rings. The van der Waals surface area contributed by atoms with Gasteiger partial charge in [0.2, 0.25) is 0 Å². The van der Waals surface area contributed by atoms with Crippen LogP contribution in [0.25, 0.3) is 0 Å². The van der Waals surface area contributed by atoms with Crippen molar-refractivity contribution in [3.63, 3.8) is 0 Å². The predicted octanol–water partition coefficient (Wildman–Crippen LogP) is 5.38. The van der Waals surface area contributed by atoms with Crippen molar-refractivity contribution in [3.8, 4) is 11.5 Å². The number of amides is 2. The third-order valence-corrected chi connectivity index (χ3v) is 4.32. The fraction of sp³-hybridized carbons (Fsp3) is 0.200. The van der Waals surface area contributed by atoms with Crippen molar-refractivity contribution < 1.29 is 19.1 Å². The van der Waals surface area contributed by atoms with E-state index >= 15 is 0 Å². The monoisotopic (exact) mass is 418 g/mol. The van der Waals surface area contributed by atoms with E-state index in [1.165, 1.54) is 0 Å². The summed E-state index contributed by atoms with van der Waals surface area (Å²) in [4.78, 5) is 25.3. The summed E-state index contributed by atoms with van der Waals surface area (Å²) >= 11 is 0. The molecule has 0 saturated heterocycles. The molecular formula is C25H26N2O4. The average molecular weight is 418 g/mol. The topological polar surface area (TPSA) is 76.7 Å². The predicted molar refractivity (Wildman–Crippen MR) is 122 cm³/mol. The molecule has 0 saturated carbocycles. The molecule has 0 heterocycles. The van der Waals surface area contributed by atoms with Crippen molar-refractivity contribution in [1.82, 2.24) is 0 Å². The van der Waals surface area contributed by atoms with Gasteiger partial charge in [-0.15, -0.1) is 0 Å². The van der Waals surface area contributed by atoms with Crippen molar-refractivity contribution in [2.75, 3.05) is 17.7 Å². The van der Waals surface area contributed by atoms with Gasteiger partial charge in [0, 0.05) is 11.1 Å². The molecule has 0 atom stereocenters. The molecule has 3 aromatic carbocycles. The molecule has 0 spiro atoms. The van der Waals surface area contributed by atoms with Gasteiger partial charge in [0.1, 0.15) is 17.1 Å². The van der Waals surface area contributed by atoms with Crippen LogP contribution in [0.5, 0.6) is 11.5 Å². The maximum atomic E-state index is 12.7. The molecule has 0 bridgehead atoms. The highest BCUT2D eigenvalue weighted by Gasteiger charge is 2.14. The van der Waals surface area contributed by atoms with Gasteiger partial charge in [-0.05, 0) is 81.4 Å². The Balaban J connectivity index is 1.71. The van der Waals surface area contributed by atoms with Crippen LogP contribution in [0.3, 0.4) is 0 Å². The molecule has 2 N–H and O–H groups in total. The Bertz CT molecular complexity index is 1050. The molecule has 6 heteroatoms. The zero-order valence-electron chi connectivity index (χ0n) is 18.1. The van der Waals surface area contributed by atoms with Crippen LogP contribution in [0.1, 0.15) is 41.5 Å². The van der Waals surface area contributed by atoms with Gasteiger partial charge in [-0.25, -0.2) is 0 Å². The second-order valence-electron chi connectivity index (χ2n) is 7.92. The van der Waals surface area contributed by atoms with Crippen molar-refractivity contribution in [2.24, 2.45) is 0 Å². The van der Waals surface area contributed by atoms with E-state index in [9.17, 15) is 9.59 Å². The smallest absolute Gasteiger partial charge is 0.255 e. The quantitative estimate of drug-likeness (QED) is 0.564. The molecule has 31 heavy (non-hydrogen) atoms. The fourth-order valence-corrected chi connectivity index (χ4v) is 2.86. The number of hydrogen-bond donors (Lipinski definition) is 2. The highest BCUT2D eigenvalue weighted by Crippen LogP contribution is 2.24. The SMILES string of the molecule is COc1ccc(C(=O)Nc2ccccc2NC(=O)c2ccc(OC(C)(C)C)cc2)cc1. The molecule has 0 radical (unpaired) electrons. The maximum absolute atomic E-state index is 12.7. The first-order valence-corrected chi connectivity index (χ1v) is 9.90. The van der Waals surface area contributed by atoms with Crippen LogP contribution in [0.2, 0.25) is 0 Å². The Labute approximate surface area is 182 Å². The zero-order valence-corrected chi connectivity index (χ0v) is 18.1. The summed E-state index contributed by atoms with van der Waals surface area (Å²) in [5.74, 6) is 0.792. The number of nitrogens with one attached hydrogen (secondary N) is 2. The minimum atomic E-state index is -0.315. The first-order chi connectivity index (χ1) is 14.7. The Kier molecular flexibility index (Phi) is 6.60. The lowest BCUT2D eigenvalue weighted by Gasteiger charge is -2.21. The molecule has 0 aliphatic carbocycles. The summed E-state index contributed by atoms with van der Waals surface area (Å²) in [6.45, 7) is 5.89. The molecule has 0 aromatic heterocycles. The summed E-state index contributed by atoms with van der Waals surface area (Å²) in [5, 5.41) is 5.70. The molecule has 2 amide bonds. The lowest BCUT2D eigenvalue weighted by Crippen LogP contribution is -2.23. The molecule has 160 valence electrons. The van der Waals surface area contributed by atoms with Crippen LogP contribution >= 0.6 is 0 Å². The number of para-hydroxylation sites is 2. The number of methoxy groups -OCH3 is 1. The lowest BCUT2D eigenvalue weighted by atomic mass is 10.1. The zero-order chi connectivity index (χ0) is 22.4. The normalized spacial score (nSPS) is 10.8. The molecule has 3 rings (SSSR count). The van der Waals surface area contributed by atoms with E-state index in [0.29, 0.717) is 34.0 Å². The van der Waals surface area contributed by atoms with Crippen molar-refractivity contribution in [3.05, 3.63) is 83.9 Å². The van der Waals surface area contributed by atoms with Gasteiger partial charge in [-0.3, -0.25) is 9.59 Å². The van der Waals surface area contributed by atoms with Crippen LogP contribution in [-0.4, -0.2) is 24.5 Å². The van der Waals surface area contributed by atoms with Gasteiger partial charge in [0.25, 0.3) is 11.8 Å². The minimum absolute atomic E-state index is 0.284. The van der Waals surface area contributed by atoms with Gasteiger partial charge in [-0.2, -0.15) is 0 Å². The van der Waals surface area contributed by atoms with E-state index in [-0.39, 0.29) is 17.4 Å². The first-order valence-electron chi connectivity index (χ1n) is 9.90. The van der Waals surface area contributed by atoms with Crippen LogP contribution in [0.4, 0.5) is 11.4 Å². The molecule has 0 aliphatic rings. The molecule has 6 nitrogen and oxygen atoms in total. The summed E-state index contributed by atoms with van der Waals surface area (Å²) in [6, 6.07) is 20.8. The van der Waals surface area contributed by atoms with Crippen LogP contribution in [-0.2, 0) is 0 Å². The van der Waals surface area contributed by atoms with Crippen molar-refractivity contribution in [1.29, 1.82) is 0 Å². The van der Waals surface area contributed by atoms with Gasteiger partial charge in [0.05, 0.1) is 18.5 Å². The Morgan fingerprint density at radius 1 is 0.677 bits per heavy atom. The van der Waals surface area contributed by atoms with Crippen LogP contribution < -0.4 is 20.1 Å². The van der Waals surface area contributed by atoms with E-state index in [2.05, 4.69) is 10.6 Å². The van der Waals surface area contributed by atoms with E-state index < -0.39 is 0 Å².